The van der Waals surface area contributed by atoms with Gasteiger partial charge in [0.05, 0.1) is 31.9 Å². The summed E-state index contributed by atoms with van der Waals surface area (Å²) in [5, 5.41) is 15.6. The molecule has 0 radical (unpaired) electrons. The molecular formula is C13H18N2O4. The Bertz CT molecular complexity index is 444. The summed E-state index contributed by atoms with van der Waals surface area (Å²) in [6, 6.07) is 4.73. The van der Waals surface area contributed by atoms with Gasteiger partial charge >= 0.3 is 0 Å². The molecule has 6 nitrogen and oxygen atoms in total. The number of benzene rings is 1. The highest BCUT2D eigenvalue weighted by Crippen LogP contribution is 2.27. The minimum Gasteiger partial charge on any atom is -0.506 e. The second kappa shape index (κ2) is 6.40. The third-order valence-electron chi connectivity index (χ3n) is 2.90. The van der Waals surface area contributed by atoms with Crippen LogP contribution in [-0.2, 0) is 9.53 Å². The van der Waals surface area contributed by atoms with E-state index in [0.29, 0.717) is 24.6 Å². The van der Waals surface area contributed by atoms with E-state index in [4.69, 9.17) is 9.47 Å². The fourth-order valence-electron chi connectivity index (χ4n) is 1.90. The van der Waals surface area contributed by atoms with Gasteiger partial charge < -0.3 is 25.2 Å². The minimum atomic E-state index is -0.186. The number of amides is 1. The third-order valence-corrected chi connectivity index (χ3v) is 2.90. The Morgan fingerprint density at radius 2 is 2.47 bits per heavy atom. The summed E-state index contributed by atoms with van der Waals surface area (Å²) >= 11 is 0. The number of anilines is 1. The molecule has 0 spiro atoms. The van der Waals surface area contributed by atoms with Gasteiger partial charge in [-0.05, 0) is 12.1 Å². The van der Waals surface area contributed by atoms with Gasteiger partial charge in [0.15, 0.2) is 0 Å². The molecule has 1 amide bonds. The van der Waals surface area contributed by atoms with Gasteiger partial charge in [-0.3, -0.25) is 4.79 Å². The SMILES string of the molecule is COc1ccc(NC(=O)CC2CNCCO2)c(O)c1. The second-order valence-electron chi connectivity index (χ2n) is 4.33. The number of carbonyl (C=O) groups excluding carboxylic acids is 1. The fourth-order valence-corrected chi connectivity index (χ4v) is 1.90. The number of methoxy groups -OCH3 is 1. The van der Waals surface area contributed by atoms with Crippen molar-refractivity contribution in [2.45, 2.75) is 12.5 Å². The molecule has 1 aromatic carbocycles. The molecule has 0 aliphatic carbocycles. The lowest BCUT2D eigenvalue weighted by Crippen LogP contribution is -2.40. The first kappa shape index (κ1) is 13.6. The molecule has 2 rings (SSSR count). The number of carbonyl (C=O) groups is 1. The van der Waals surface area contributed by atoms with Crippen molar-refractivity contribution in [1.29, 1.82) is 0 Å². The molecule has 1 heterocycles. The number of rotatable bonds is 4. The van der Waals surface area contributed by atoms with Gasteiger partial charge in [-0.15, -0.1) is 0 Å². The fraction of sp³-hybridized carbons (Fsp3) is 0.462. The van der Waals surface area contributed by atoms with E-state index in [2.05, 4.69) is 10.6 Å². The molecule has 1 aromatic rings. The van der Waals surface area contributed by atoms with E-state index in [1.807, 2.05) is 0 Å². The molecule has 0 saturated carbocycles. The molecule has 1 unspecified atom stereocenters. The van der Waals surface area contributed by atoms with Gasteiger partial charge in [-0.1, -0.05) is 0 Å². The normalized spacial score (nSPS) is 18.9. The van der Waals surface area contributed by atoms with Crippen LogP contribution in [0.2, 0.25) is 0 Å². The number of phenols is 1. The third kappa shape index (κ3) is 3.84. The highest BCUT2D eigenvalue weighted by atomic mass is 16.5. The van der Waals surface area contributed by atoms with Crippen molar-refractivity contribution in [3.63, 3.8) is 0 Å². The first-order chi connectivity index (χ1) is 9.19. The molecule has 1 saturated heterocycles. The molecule has 3 N–H and O–H groups in total. The van der Waals surface area contributed by atoms with Gasteiger partial charge in [-0.2, -0.15) is 0 Å². The number of ether oxygens (including phenoxy) is 2. The zero-order valence-corrected chi connectivity index (χ0v) is 10.8. The van der Waals surface area contributed by atoms with E-state index in [0.717, 1.165) is 6.54 Å². The molecule has 0 bridgehead atoms. The summed E-state index contributed by atoms with van der Waals surface area (Å²) in [5.41, 5.74) is 0.370. The Morgan fingerprint density at radius 1 is 1.63 bits per heavy atom. The van der Waals surface area contributed by atoms with E-state index in [-0.39, 0.29) is 24.2 Å². The Balaban J connectivity index is 1.91. The van der Waals surface area contributed by atoms with E-state index in [1.54, 1.807) is 12.1 Å². The zero-order chi connectivity index (χ0) is 13.7. The van der Waals surface area contributed by atoms with Crippen LogP contribution in [0.3, 0.4) is 0 Å². The molecule has 1 fully saturated rings. The smallest absolute Gasteiger partial charge is 0.227 e. The molecule has 1 aliphatic rings. The average molecular weight is 266 g/mol. The van der Waals surface area contributed by atoms with Crippen LogP contribution in [-0.4, -0.2) is 43.9 Å². The van der Waals surface area contributed by atoms with Crippen LogP contribution in [0.4, 0.5) is 5.69 Å². The Morgan fingerprint density at radius 3 is 3.11 bits per heavy atom. The van der Waals surface area contributed by atoms with Crippen molar-refractivity contribution in [3.05, 3.63) is 18.2 Å². The van der Waals surface area contributed by atoms with Gasteiger partial charge in [-0.25, -0.2) is 0 Å². The molecular weight excluding hydrogens is 248 g/mol. The number of morpholine rings is 1. The summed E-state index contributed by atoms with van der Waals surface area (Å²) in [7, 11) is 1.51. The predicted octanol–water partition coefficient (Wildman–Crippen LogP) is 0.718. The van der Waals surface area contributed by atoms with Crippen LogP contribution in [0.5, 0.6) is 11.5 Å². The molecule has 1 atom stereocenters. The summed E-state index contributed by atoms with van der Waals surface area (Å²) in [5.74, 6) is 0.333. The number of nitrogens with one attached hydrogen (secondary N) is 2. The lowest BCUT2D eigenvalue weighted by molar-refractivity contribution is -0.119. The zero-order valence-electron chi connectivity index (χ0n) is 10.8. The van der Waals surface area contributed by atoms with Crippen molar-refractivity contribution in [2.24, 2.45) is 0 Å². The highest BCUT2D eigenvalue weighted by Gasteiger charge is 2.18. The van der Waals surface area contributed by atoms with E-state index in [1.165, 1.54) is 13.2 Å². The lowest BCUT2D eigenvalue weighted by atomic mass is 10.2. The largest absolute Gasteiger partial charge is 0.506 e. The van der Waals surface area contributed by atoms with Crippen molar-refractivity contribution in [1.82, 2.24) is 5.32 Å². The van der Waals surface area contributed by atoms with Crippen molar-refractivity contribution >= 4 is 11.6 Å². The first-order valence-corrected chi connectivity index (χ1v) is 6.18. The minimum absolute atomic E-state index is 0.0182. The average Bonchev–Trinajstić information content (AvgIpc) is 2.42. The molecule has 6 heteroatoms. The maximum Gasteiger partial charge on any atom is 0.227 e. The number of aromatic hydroxyl groups is 1. The Hall–Kier alpha value is -1.79. The Kier molecular flexibility index (Phi) is 4.59. The van der Waals surface area contributed by atoms with Crippen LogP contribution in [0.25, 0.3) is 0 Å². The maximum atomic E-state index is 11.8. The monoisotopic (exact) mass is 266 g/mol. The predicted molar refractivity (Wildman–Crippen MR) is 70.5 cm³/mol. The summed E-state index contributed by atoms with van der Waals surface area (Å²) < 4.78 is 10.4. The van der Waals surface area contributed by atoms with Crippen molar-refractivity contribution in [2.75, 3.05) is 32.1 Å². The van der Waals surface area contributed by atoms with E-state index in [9.17, 15) is 9.90 Å². The summed E-state index contributed by atoms with van der Waals surface area (Å²) in [6.07, 6.45) is 0.146. The summed E-state index contributed by atoms with van der Waals surface area (Å²) in [6.45, 7) is 2.10. The molecule has 19 heavy (non-hydrogen) atoms. The van der Waals surface area contributed by atoms with E-state index < -0.39 is 0 Å². The second-order valence-corrected chi connectivity index (χ2v) is 4.33. The van der Waals surface area contributed by atoms with Crippen LogP contribution in [0, 0.1) is 0 Å². The van der Waals surface area contributed by atoms with Crippen molar-refractivity contribution in [3.8, 4) is 11.5 Å². The van der Waals surface area contributed by atoms with Gasteiger partial charge in [0.2, 0.25) is 5.91 Å². The van der Waals surface area contributed by atoms with E-state index >= 15 is 0 Å². The van der Waals surface area contributed by atoms with Crippen LogP contribution < -0.4 is 15.4 Å². The number of hydrogen-bond acceptors (Lipinski definition) is 5. The van der Waals surface area contributed by atoms with Crippen LogP contribution in [0.1, 0.15) is 6.42 Å². The van der Waals surface area contributed by atoms with Crippen molar-refractivity contribution < 1.29 is 19.4 Å². The van der Waals surface area contributed by atoms with Crippen LogP contribution in [0.15, 0.2) is 18.2 Å². The van der Waals surface area contributed by atoms with Crippen LogP contribution >= 0.6 is 0 Å². The molecule has 0 aromatic heterocycles. The molecule has 104 valence electrons. The summed E-state index contributed by atoms with van der Waals surface area (Å²) in [4.78, 5) is 11.8. The quantitative estimate of drug-likeness (QED) is 0.700. The standard InChI is InChI=1S/C13H18N2O4/c1-18-9-2-3-11(12(16)6-9)15-13(17)7-10-8-14-4-5-19-10/h2-3,6,10,14,16H,4-5,7-8H2,1H3,(H,15,17). The number of hydrogen-bond donors (Lipinski definition) is 3. The van der Waals surface area contributed by atoms with Gasteiger partial charge in [0.1, 0.15) is 11.5 Å². The van der Waals surface area contributed by atoms with Gasteiger partial charge in [0.25, 0.3) is 0 Å². The first-order valence-electron chi connectivity index (χ1n) is 6.18. The lowest BCUT2D eigenvalue weighted by Gasteiger charge is -2.23. The Labute approximate surface area is 111 Å². The topological polar surface area (TPSA) is 79.8 Å². The maximum absolute atomic E-state index is 11.8. The highest BCUT2D eigenvalue weighted by molar-refractivity contribution is 5.92. The number of phenolic OH excluding ortho intramolecular Hbond substituents is 1. The van der Waals surface area contributed by atoms with Gasteiger partial charge in [0, 0.05) is 19.2 Å². The molecule has 1 aliphatic heterocycles.